The van der Waals surface area contributed by atoms with Crippen LogP contribution in [0.15, 0.2) is 0 Å². The lowest BCUT2D eigenvalue weighted by atomic mass is 9.83. The molecule has 0 saturated carbocycles. The van der Waals surface area contributed by atoms with E-state index in [0.29, 0.717) is 24.2 Å². The summed E-state index contributed by atoms with van der Waals surface area (Å²) in [5, 5.41) is 10.0. The number of nitrogens with zero attached hydrogens (tertiary/aromatic N) is 1. The molecule has 168 valence electrons. The summed E-state index contributed by atoms with van der Waals surface area (Å²) in [5.41, 5.74) is 0. The molecule has 3 atom stereocenters. The SMILES string of the molecule is CC(C)CCN1CC[C@@H]2[C@@H](CO[C@H]2CC(=O)NCCC2CCOCC2)C1.O=CO. The number of piperidine rings is 1. The number of fused-ring (bicyclic) bond motifs is 1. The van der Waals surface area contributed by atoms with Crippen LogP contribution in [0.25, 0.3) is 0 Å². The van der Waals surface area contributed by atoms with E-state index in [1.54, 1.807) is 0 Å². The van der Waals surface area contributed by atoms with Gasteiger partial charge in [-0.15, -0.1) is 0 Å². The van der Waals surface area contributed by atoms with Crippen LogP contribution in [0.4, 0.5) is 0 Å². The van der Waals surface area contributed by atoms with Crippen LogP contribution in [0.3, 0.4) is 0 Å². The van der Waals surface area contributed by atoms with E-state index >= 15 is 0 Å². The van der Waals surface area contributed by atoms with Crippen molar-refractivity contribution in [3.05, 3.63) is 0 Å². The normalized spacial score (nSPS) is 27.8. The molecule has 1 amide bonds. The van der Waals surface area contributed by atoms with Crippen molar-refractivity contribution in [3.8, 4) is 0 Å². The van der Waals surface area contributed by atoms with Crippen molar-refractivity contribution in [2.75, 3.05) is 46.0 Å². The summed E-state index contributed by atoms with van der Waals surface area (Å²) in [4.78, 5) is 23.3. The molecule has 3 heterocycles. The minimum atomic E-state index is -0.250. The second kappa shape index (κ2) is 13.2. The summed E-state index contributed by atoms with van der Waals surface area (Å²) >= 11 is 0. The quantitative estimate of drug-likeness (QED) is 0.595. The molecule has 7 nitrogen and oxygen atoms in total. The second-order valence-corrected chi connectivity index (χ2v) is 9.07. The van der Waals surface area contributed by atoms with Crippen molar-refractivity contribution >= 4 is 12.4 Å². The molecule has 0 aromatic rings. The van der Waals surface area contributed by atoms with Crippen LogP contribution in [-0.2, 0) is 19.1 Å². The molecule has 3 saturated heterocycles. The van der Waals surface area contributed by atoms with Crippen LogP contribution in [-0.4, -0.2) is 74.5 Å². The predicted molar refractivity (Wildman–Crippen MR) is 112 cm³/mol. The fraction of sp³-hybridized carbons (Fsp3) is 0.909. The first-order valence-electron chi connectivity index (χ1n) is 11.3. The van der Waals surface area contributed by atoms with E-state index in [4.69, 9.17) is 19.4 Å². The maximum Gasteiger partial charge on any atom is 0.290 e. The van der Waals surface area contributed by atoms with Gasteiger partial charge in [0.25, 0.3) is 6.47 Å². The van der Waals surface area contributed by atoms with Gasteiger partial charge in [-0.25, -0.2) is 0 Å². The van der Waals surface area contributed by atoms with Crippen LogP contribution in [0, 0.1) is 23.7 Å². The monoisotopic (exact) mass is 412 g/mol. The number of carboxylic acid groups (broad SMARTS) is 1. The Labute approximate surface area is 175 Å². The number of ether oxygens (including phenoxy) is 2. The summed E-state index contributed by atoms with van der Waals surface area (Å²) in [6.45, 7) is 11.3. The first-order valence-corrected chi connectivity index (χ1v) is 11.3. The summed E-state index contributed by atoms with van der Waals surface area (Å²) < 4.78 is 11.4. The number of carbonyl (C=O) groups is 2. The molecule has 0 radical (unpaired) electrons. The molecule has 0 unspecified atom stereocenters. The number of carbonyl (C=O) groups excluding carboxylic acids is 1. The van der Waals surface area contributed by atoms with Crippen molar-refractivity contribution in [1.82, 2.24) is 10.2 Å². The topological polar surface area (TPSA) is 88.1 Å². The minimum Gasteiger partial charge on any atom is -0.483 e. The molecule has 0 aromatic carbocycles. The average molecular weight is 413 g/mol. The van der Waals surface area contributed by atoms with E-state index in [9.17, 15) is 4.79 Å². The first-order chi connectivity index (χ1) is 14.0. The standard InChI is InChI=1S/C21H38N2O3.CH2O2/c1-16(2)4-9-23-10-5-19-18(14-23)15-26-20(19)13-21(24)22-8-3-17-6-11-25-12-7-17;2-1-3/h16-20H,3-15H2,1-2H3,(H,22,24);1H,(H,2,3)/t18-,19-,20+;/m1./s1. The van der Waals surface area contributed by atoms with Crippen LogP contribution >= 0.6 is 0 Å². The van der Waals surface area contributed by atoms with Gasteiger partial charge in [-0.05, 0) is 62.9 Å². The zero-order chi connectivity index (χ0) is 21.1. The third-order valence-corrected chi connectivity index (χ3v) is 6.50. The third-order valence-electron chi connectivity index (χ3n) is 6.50. The number of hydrogen-bond donors (Lipinski definition) is 2. The van der Waals surface area contributed by atoms with Crippen LogP contribution in [0.1, 0.15) is 52.4 Å². The minimum absolute atomic E-state index is 0.135. The Bertz CT molecular complexity index is 482. The van der Waals surface area contributed by atoms with Crippen LogP contribution in [0.2, 0.25) is 0 Å². The molecule has 0 aromatic heterocycles. The van der Waals surface area contributed by atoms with Gasteiger partial charge in [-0.3, -0.25) is 9.59 Å². The summed E-state index contributed by atoms with van der Waals surface area (Å²) in [6, 6.07) is 0. The van der Waals surface area contributed by atoms with Gasteiger partial charge in [0.1, 0.15) is 0 Å². The highest BCUT2D eigenvalue weighted by molar-refractivity contribution is 5.76. The van der Waals surface area contributed by atoms with Gasteiger partial charge in [0.05, 0.1) is 19.1 Å². The summed E-state index contributed by atoms with van der Waals surface area (Å²) in [5.74, 6) is 2.85. The highest BCUT2D eigenvalue weighted by Crippen LogP contribution is 2.36. The summed E-state index contributed by atoms with van der Waals surface area (Å²) in [7, 11) is 0. The summed E-state index contributed by atoms with van der Waals surface area (Å²) in [6.07, 6.45) is 6.49. The molecule has 0 spiro atoms. The van der Waals surface area contributed by atoms with Gasteiger partial charge in [0, 0.05) is 32.2 Å². The molecule has 3 aliphatic rings. The molecule has 0 aliphatic carbocycles. The highest BCUT2D eigenvalue weighted by Gasteiger charge is 2.41. The Balaban J connectivity index is 0.000000941. The van der Waals surface area contributed by atoms with E-state index in [1.807, 2.05) is 0 Å². The molecule has 3 rings (SSSR count). The van der Waals surface area contributed by atoms with Crippen molar-refractivity contribution in [2.45, 2.75) is 58.5 Å². The lowest BCUT2D eigenvalue weighted by molar-refractivity contribution is -0.124. The van der Waals surface area contributed by atoms with Gasteiger partial charge in [-0.2, -0.15) is 0 Å². The number of amides is 1. The van der Waals surface area contributed by atoms with Crippen molar-refractivity contribution in [1.29, 1.82) is 0 Å². The number of likely N-dealkylation sites (tertiary alicyclic amines) is 1. The smallest absolute Gasteiger partial charge is 0.290 e. The molecule has 2 N–H and O–H groups in total. The molecule has 7 heteroatoms. The third kappa shape index (κ3) is 8.60. The Kier molecular flexibility index (Phi) is 11.0. The van der Waals surface area contributed by atoms with Gasteiger partial charge < -0.3 is 24.8 Å². The lowest BCUT2D eigenvalue weighted by Gasteiger charge is -2.35. The van der Waals surface area contributed by atoms with Gasteiger partial charge in [0.2, 0.25) is 5.91 Å². The van der Waals surface area contributed by atoms with Crippen LogP contribution in [0.5, 0.6) is 0 Å². The van der Waals surface area contributed by atoms with Crippen molar-refractivity contribution in [3.63, 3.8) is 0 Å². The first kappa shape index (κ1) is 24.1. The van der Waals surface area contributed by atoms with E-state index in [-0.39, 0.29) is 18.5 Å². The predicted octanol–water partition coefficient (Wildman–Crippen LogP) is 2.39. The Morgan fingerprint density at radius 2 is 2.00 bits per heavy atom. The van der Waals surface area contributed by atoms with Gasteiger partial charge >= 0.3 is 0 Å². The van der Waals surface area contributed by atoms with E-state index in [0.717, 1.165) is 58.1 Å². The fourth-order valence-electron chi connectivity index (χ4n) is 4.72. The number of nitrogens with one attached hydrogen (secondary N) is 1. The van der Waals surface area contributed by atoms with Gasteiger partial charge in [0.15, 0.2) is 0 Å². The molecule has 0 bridgehead atoms. The number of rotatable bonds is 8. The largest absolute Gasteiger partial charge is 0.483 e. The Morgan fingerprint density at radius 1 is 1.28 bits per heavy atom. The van der Waals surface area contributed by atoms with E-state index in [1.165, 1.54) is 25.9 Å². The zero-order valence-corrected chi connectivity index (χ0v) is 18.2. The maximum absolute atomic E-state index is 12.3. The van der Waals surface area contributed by atoms with E-state index < -0.39 is 0 Å². The molecular formula is C22H40N2O5. The molecule has 3 aliphatic heterocycles. The fourth-order valence-corrected chi connectivity index (χ4v) is 4.72. The Hall–Kier alpha value is -1.18. The lowest BCUT2D eigenvalue weighted by Crippen LogP contribution is -2.42. The van der Waals surface area contributed by atoms with Gasteiger partial charge in [-0.1, -0.05) is 13.8 Å². The Morgan fingerprint density at radius 3 is 2.69 bits per heavy atom. The van der Waals surface area contributed by atoms with Crippen molar-refractivity contribution < 1.29 is 24.2 Å². The van der Waals surface area contributed by atoms with E-state index in [2.05, 4.69) is 24.1 Å². The molecular weight excluding hydrogens is 372 g/mol. The zero-order valence-electron chi connectivity index (χ0n) is 18.2. The average Bonchev–Trinajstić information content (AvgIpc) is 3.10. The second-order valence-electron chi connectivity index (χ2n) is 9.07. The van der Waals surface area contributed by atoms with Crippen molar-refractivity contribution in [2.24, 2.45) is 23.7 Å². The maximum atomic E-state index is 12.3. The highest BCUT2D eigenvalue weighted by atomic mass is 16.5. The molecule has 29 heavy (non-hydrogen) atoms. The van der Waals surface area contributed by atoms with Crippen LogP contribution < -0.4 is 5.32 Å². The molecule has 3 fully saturated rings. The number of hydrogen-bond acceptors (Lipinski definition) is 5.